The van der Waals surface area contributed by atoms with E-state index in [0.717, 1.165) is 12.0 Å². The molecule has 8 heteroatoms. The fraction of sp³-hybridized carbons (Fsp3) is 0.625. The number of rotatable bonds is 7. The van der Waals surface area contributed by atoms with Gasteiger partial charge in [0, 0.05) is 13.1 Å². The molecule has 0 aromatic heterocycles. The molecule has 0 spiro atoms. The van der Waals surface area contributed by atoms with Crippen LogP contribution in [-0.4, -0.2) is 51.5 Å². The predicted molar refractivity (Wildman–Crippen MR) is 86.9 cm³/mol. The van der Waals surface area contributed by atoms with E-state index in [1.165, 1.54) is 12.0 Å². The molecule has 0 bridgehead atoms. The van der Waals surface area contributed by atoms with Crippen molar-refractivity contribution in [2.24, 2.45) is 5.92 Å². The molecule has 1 fully saturated rings. The van der Waals surface area contributed by atoms with Gasteiger partial charge in [0.1, 0.15) is 0 Å². The number of hydrogen-bond acceptors (Lipinski definition) is 4. The van der Waals surface area contributed by atoms with Crippen LogP contribution in [0, 0.1) is 5.92 Å². The number of alkyl halides is 3. The molecule has 0 saturated carbocycles. The largest absolute Gasteiger partial charge is 0.493 e. The lowest BCUT2D eigenvalue weighted by Crippen LogP contribution is -2.33. The molecule has 1 N–H and O–H groups in total. The van der Waals surface area contributed by atoms with Gasteiger partial charge in [0.25, 0.3) is 0 Å². The zero-order chi connectivity index (χ0) is 17.7. The highest BCUT2D eigenvalue weighted by molar-refractivity contribution is 6.33. The van der Waals surface area contributed by atoms with Crippen molar-refractivity contribution in [1.29, 1.82) is 0 Å². The highest BCUT2D eigenvalue weighted by Gasteiger charge is 2.34. The van der Waals surface area contributed by atoms with Gasteiger partial charge in [-0.2, -0.15) is 13.2 Å². The third-order valence-corrected chi connectivity index (χ3v) is 4.50. The molecular weight excluding hydrogens is 345 g/mol. The summed E-state index contributed by atoms with van der Waals surface area (Å²) >= 11 is 6.31. The van der Waals surface area contributed by atoms with Gasteiger partial charge in [-0.1, -0.05) is 17.7 Å². The van der Waals surface area contributed by atoms with Crippen LogP contribution in [0.1, 0.15) is 12.0 Å². The number of methoxy groups -OCH3 is 2. The maximum Gasteiger partial charge on any atom is 0.401 e. The normalized spacial score (nSPS) is 18.8. The van der Waals surface area contributed by atoms with E-state index in [1.807, 2.05) is 6.07 Å². The first kappa shape index (κ1) is 19.1. The smallest absolute Gasteiger partial charge is 0.401 e. The second kappa shape index (κ2) is 8.27. The number of likely N-dealkylation sites (tertiary alicyclic amines) is 1. The van der Waals surface area contributed by atoms with Gasteiger partial charge in [-0.15, -0.1) is 0 Å². The zero-order valence-electron chi connectivity index (χ0n) is 13.8. The zero-order valence-corrected chi connectivity index (χ0v) is 14.5. The highest BCUT2D eigenvalue weighted by Crippen LogP contribution is 2.37. The Kier molecular flexibility index (Phi) is 6.60. The lowest BCUT2D eigenvalue weighted by Gasteiger charge is -2.18. The molecule has 1 atom stereocenters. The number of benzene rings is 1. The summed E-state index contributed by atoms with van der Waals surface area (Å²) in [5.41, 5.74) is 0.861. The van der Waals surface area contributed by atoms with Gasteiger partial charge in [-0.25, -0.2) is 0 Å². The average Bonchev–Trinajstić information content (AvgIpc) is 2.93. The maximum atomic E-state index is 12.4. The fourth-order valence-corrected chi connectivity index (χ4v) is 3.25. The van der Waals surface area contributed by atoms with Crippen LogP contribution >= 0.6 is 11.6 Å². The molecule has 1 heterocycles. The van der Waals surface area contributed by atoms with Crippen LogP contribution in [0.4, 0.5) is 13.2 Å². The Hall–Kier alpha value is -1.18. The molecule has 4 nitrogen and oxygen atoms in total. The van der Waals surface area contributed by atoms with E-state index in [1.54, 1.807) is 13.2 Å². The van der Waals surface area contributed by atoms with Crippen molar-refractivity contribution in [3.63, 3.8) is 0 Å². The van der Waals surface area contributed by atoms with Gasteiger partial charge in [-0.3, -0.25) is 4.90 Å². The minimum absolute atomic E-state index is 0.214. The van der Waals surface area contributed by atoms with Crippen molar-refractivity contribution in [3.05, 3.63) is 22.7 Å². The van der Waals surface area contributed by atoms with Crippen LogP contribution in [0.15, 0.2) is 12.1 Å². The molecule has 0 unspecified atom stereocenters. The first-order valence-corrected chi connectivity index (χ1v) is 8.11. The Morgan fingerprint density at radius 3 is 2.67 bits per heavy atom. The monoisotopic (exact) mass is 366 g/mol. The van der Waals surface area contributed by atoms with Crippen molar-refractivity contribution >= 4 is 11.6 Å². The Morgan fingerprint density at radius 1 is 1.29 bits per heavy atom. The maximum absolute atomic E-state index is 12.4. The van der Waals surface area contributed by atoms with E-state index < -0.39 is 12.7 Å². The molecule has 1 aliphatic heterocycles. The van der Waals surface area contributed by atoms with Gasteiger partial charge in [0.05, 0.1) is 25.8 Å². The van der Waals surface area contributed by atoms with Crippen LogP contribution < -0.4 is 14.8 Å². The fourth-order valence-electron chi connectivity index (χ4n) is 2.95. The van der Waals surface area contributed by atoms with Crippen LogP contribution in [0.3, 0.4) is 0 Å². The third kappa shape index (κ3) is 5.16. The summed E-state index contributed by atoms with van der Waals surface area (Å²) in [6.45, 7) is 1.30. The van der Waals surface area contributed by atoms with Crippen molar-refractivity contribution in [2.75, 3.05) is 40.4 Å². The van der Waals surface area contributed by atoms with E-state index in [2.05, 4.69) is 5.32 Å². The van der Waals surface area contributed by atoms with Gasteiger partial charge >= 0.3 is 6.18 Å². The van der Waals surface area contributed by atoms with Gasteiger partial charge < -0.3 is 14.8 Å². The number of nitrogens with one attached hydrogen (secondary N) is 1. The van der Waals surface area contributed by atoms with E-state index in [4.69, 9.17) is 21.1 Å². The molecule has 0 radical (unpaired) electrons. The van der Waals surface area contributed by atoms with Crippen molar-refractivity contribution in [1.82, 2.24) is 10.2 Å². The Balaban J connectivity index is 1.83. The Labute approximate surface area is 144 Å². The lowest BCUT2D eigenvalue weighted by atomic mass is 10.1. The third-order valence-electron chi connectivity index (χ3n) is 4.09. The highest BCUT2D eigenvalue weighted by atomic mass is 35.5. The topological polar surface area (TPSA) is 33.7 Å². The summed E-state index contributed by atoms with van der Waals surface area (Å²) < 4.78 is 47.6. The van der Waals surface area contributed by atoms with Gasteiger partial charge in [0.15, 0.2) is 11.5 Å². The van der Waals surface area contributed by atoms with Gasteiger partial charge in [0.2, 0.25) is 0 Å². The molecule has 0 aliphatic carbocycles. The number of nitrogens with zero attached hydrogens (tertiary/aromatic N) is 1. The molecule has 1 aromatic carbocycles. The Bertz CT molecular complexity index is 555. The molecule has 1 aliphatic rings. The molecule has 0 amide bonds. The summed E-state index contributed by atoms with van der Waals surface area (Å²) in [7, 11) is 3.06. The molecular formula is C16H22ClF3N2O2. The number of ether oxygens (including phenoxy) is 2. The van der Waals surface area contributed by atoms with E-state index in [0.29, 0.717) is 42.7 Å². The van der Waals surface area contributed by atoms with Crippen LogP contribution in [-0.2, 0) is 6.54 Å². The SMILES string of the molecule is COc1ccc(CNC[C@@H]2CCN(CC(F)(F)F)C2)c(Cl)c1OC. The standard InChI is InChI=1S/C16H22ClF3N2O2/c1-23-13-4-3-12(14(17)15(13)24-2)8-21-7-11-5-6-22(9-11)10-16(18,19)20/h3-4,11,21H,5-10H2,1-2H3/t11-/m0/s1. The summed E-state index contributed by atoms with van der Waals surface area (Å²) in [5.74, 6) is 1.26. The lowest BCUT2D eigenvalue weighted by molar-refractivity contribution is -0.143. The van der Waals surface area contributed by atoms with Crippen LogP contribution in [0.2, 0.25) is 5.02 Å². The first-order valence-electron chi connectivity index (χ1n) is 7.73. The van der Waals surface area contributed by atoms with E-state index in [9.17, 15) is 13.2 Å². The minimum atomic E-state index is -4.13. The summed E-state index contributed by atoms with van der Waals surface area (Å²) in [5, 5.41) is 3.75. The van der Waals surface area contributed by atoms with Crippen LogP contribution in [0.5, 0.6) is 11.5 Å². The molecule has 24 heavy (non-hydrogen) atoms. The van der Waals surface area contributed by atoms with Crippen LogP contribution in [0.25, 0.3) is 0 Å². The van der Waals surface area contributed by atoms with E-state index in [-0.39, 0.29) is 5.92 Å². The van der Waals surface area contributed by atoms with Crippen molar-refractivity contribution in [2.45, 2.75) is 19.1 Å². The summed E-state index contributed by atoms with van der Waals surface area (Å²) in [4.78, 5) is 1.45. The number of hydrogen-bond donors (Lipinski definition) is 1. The molecule has 1 saturated heterocycles. The number of halogens is 4. The molecule has 1 aromatic rings. The molecule has 136 valence electrons. The minimum Gasteiger partial charge on any atom is -0.493 e. The van der Waals surface area contributed by atoms with E-state index >= 15 is 0 Å². The summed E-state index contributed by atoms with van der Waals surface area (Å²) in [6, 6.07) is 3.63. The Morgan fingerprint density at radius 2 is 2.04 bits per heavy atom. The quantitative estimate of drug-likeness (QED) is 0.802. The summed E-state index contributed by atoms with van der Waals surface area (Å²) in [6.07, 6.45) is -3.36. The second-order valence-corrected chi connectivity index (χ2v) is 6.29. The van der Waals surface area contributed by atoms with Crippen molar-refractivity contribution < 1.29 is 22.6 Å². The average molecular weight is 367 g/mol. The second-order valence-electron chi connectivity index (χ2n) is 5.91. The predicted octanol–water partition coefficient (Wildman–Crippen LogP) is 3.33. The van der Waals surface area contributed by atoms with Gasteiger partial charge in [-0.05, 0) is 37.1 Å². The molecule has 2 rings (SSSR count). The first-order chi connectivity index (χ1) is 11.3. The van der Waals surface area contributed by atoms with Crippen molar-refractivity contribution in [3.8, 4) is 11.5 Å².